The molecule has 18 heavy (non-hydrogen) atoms. The molecule has 0 bridgehead atoms. The van der Waals surface area contributed by atoms with Crippen LogP contribution in [0.25, 0.3) is 0 Å². The highest BCUT2D eigenvalue weighted by Gasteiger charge is 2.33. The minimum atomic E-state index is 0.346. The van der Waals surface area contributed by atoms with Crippen LogP contribution in [0.15, 0.2) is 82.0 Å². The normalized spacial score (nSPS) is 27.0. The van der Waals surface area contributed by atoms with Gasteiger partial charge in [-0.2, -0.15) is 0 Å². The Kier molecular flexibility index (Phi) is 1.87. The number of hydrogen-bond donors (Lipinski definition) is 0. The summed E-state index contributed by atoms with van der Waals surface area (Å²) in [5.41, 5.74) is 7.32. The molecule has 1 atom stereocenters. The Hall–Kier alpha value is -2.15. The largest absolute Gasteiger partial charge is 0.298 e. The highest BCUT2D eigenvalue weighted by Crippen LogP contribution is 2.47. The zero-order chi connectivity index (χ0) is 12.1. The fourth-order valence-corrected chi connectivity index (χ4v) is 3.23. The Balaban J connectivity index is 2.01. The maximum Gasteiger partial charge on any atom is 0.150 e. The molecule has 0 saturated heterocycles. The van der Waals surface area contributed by atoms with Crippen LogP contribution in [0.3, 0.4) is 0 Å². The van der Waals surface area contributed by atoms with Crippen molar-refractivity contribution in [2.24, 2.45) is 5.92 Å². The third-order valence-corrected chi connectivity index (χ3v) is 4.07. The molecular formula is C17H12O. The lowest BCUT2D eigenvalue weighted by atomic mass is 9.68. The van der Waals surface area contributed by atoms with Crippen LogP contribution in [0.4, 0.5) is 0 Å². The van der Waals surface area contributed by atoms with E-state index in [1.807, 2.05) is 6.08 Å². The fourth-order valence-electron chi connectivity index (χ4n) is 3.23. The smallest absolute Gasteiger partial charge is 0.150 e. The average molecular weight is 232 g/mol. The fraction of sp³-hybridized carbons (Fsp3) is 0.118. The molecule has 0 radical (unpaired) electrons. The van der Waals surface area contributed by atoms with Crippen LogP contribution in [0.2, 0.25) is 0 Å². The van der Waals surface area contributed by atoms with Crippen molar-refractivity contribution in [1.29, 1.82) is 0 Å². The molecule has 0 aromatic carbocycles. The van der Waals surface area contributed by atoms with Gasteiger partial charge < -0.3 is 0 Å². The highest BCUT2D eigenvalue weighted by atomic mass is 16.1. The maximum atomic E-state index is 11.2. The van der Waals surface area contributed by atoms with Crippen molar-refractivity contribution >= 4 is 6.29 Å². The lowest BCUT2D eigenvalue weighted by Gasteiger charge is -2.35. The SMILES string of the molecule is O=CC1=CCC2=CC=C3C=CC=C4C=CC1=C2C43. The Morgan fingerprint density at radius 3 is 2.83 bits per heavy atom. The van der Waals surface area contributed by atoms with Crippen LogP contribution in [-0.4, -0.2) is 6.29 Å². The second-order valence-electron chi connectivity index (χ2n) is 4.96. The summed E-state index contributed by atoms with van der Waals surface area (Å²) in [6.07, 6.45) is 19.0. The molecule has 0 saturated carbocycles. The molecule has 0 amide bonds. The molecule has 1 heteroatoms. The number of carbonyl (C=O) groups is 1. The Morgan fingerprint density at radius 2 is 1.94 bits per heavy atom. The van der Waals surface area contributed by atoms with Crippen LogP contribution in [0.1, 0.15) is 6.42 Å². The standard InChI is InChI=1S/C17H12O/c18-10-14-7-6-13-5-4-11-2-1-3-12-8-9-15(14)17(13)16(11)12/h1-5,7-10,16H,6H2. The lowest BCUT2D eigenvalue weighted by Crippen LogP contribution is -2.22. The van der Waals surface area contributed by atoms with Crippen molar-refractivity contribution in [2.75, 3.05) is 0 Å². The van der Waals surface area contributed by atoms with Gasteiger partial charge in [0.25, 0.3) is 0 Å². The van der Waals surface area contributed by atoms with Crippen molar-refractivity contribution in [2.45, 2.75) is 6.42 Å². The summed E-state index contributed by atoms with van der Waals surface area (Å²) >= 11 is 0. The van der Waals surface area contributed by atoms with Gasteiger partial charge in [0.15, 0.2) is 0 Å². The van der Waals surface area contributed by atoms with Gasteiger partial charge in [-0.3, -0.25) is 4.79 Å². The molecule has 1 unspecified atom stereocenters. The summed E-state index contributed by atoms with van der Waals surface area (Å²) in [6, 6.07) is 0. The van der Waals surface area contributed by atoms with E-state index in [0.29, 0.717) is 5.92 Å². The summed E-state index contributed by atoms with van der Waals surface area (Å²) < 4.78 is 0. The van der Waals surface area contributed by atoms with E-state index in [4.69, 9.17) is 0 Å². The van der Waals surface area contributed by atoms with Gasteiger partial charge in [-0.25, -0.2) is 0 Å². The van der Waals surface area contributed by atoms with Gasteiger partial charge in [0, 0.05) is 11.5 Å². The molecule has 0 spiro atoms. The predicted molar refractivity (Wildman–Crippen MR) is 71.8 cm³/mol. The first-order valence-electron chi connectivity index (χ1n) is 6.26. The molecule has 0 aliphatic heterocycles. The van der Waals surface area contributed by atoms with E-state index in [9.17, 15) is 4.79 Å². The van der Waals surface area contributed by atoms with Gasteiger partial charge in [-0.1, -0.05) is 48.6 Å². The summed E-state index contributed by atoms with van der Waals surface area (Å²) in [6.45, 7) is 0. The molecule has 0 N–H and O–H groups in total. The summed E-state index contributed by atoms with van der Waals surface area (Å²) in [5, 5.41) is 0. The Morgan fingerprint density at radius 1 is 1.06 bits per heavy atom. The van der Waals surface area contributed by atoms with Crippen molar-refractivity contribution in [3.05, 3.63) is 82.0 Å². The van der Waals surface area contributed by atoms with E-state index in [-0.39, 0.29) is 0 Å². The average Bonchev–Trinajstić information content (AvgIpc) is 2.44. The molecule has 86 valence electrons. The summed E-state index contributed by atoms with van der Waals surface area (Å²) in [7, 11) is 0. The molecule has 0 aromatic rings. The van der Waals surface area contributed by atoms with Crippen molar-refractivity contribution in [3.8, 4) is 0 Å². The Bertz CT molecular complexity index is 672. The van der Waals surface area contributed by atoms with Gasteiger partial charge in [0.1, 0.15) is 6.29 Å². The molecule has 4 aliphatic rings. The summed E-state index contributed by atoms with van der Waals surface area (Å²) in [5.74, 6) is 0.346. The van der Waals surface area contributed by atoms with Crippen molar-refractivity contribution in [3.63, 3.8) is 0 Å². The van der Waals surface area contributed by atoms with Crippen LogP contribution in [-0.2, 0) is 4.79 Å². The molecule has 0 aromatic heterocycles. The molecule has 4 rings (SSSR count). The zero-order valence-corrected chi connectivity index (χ0v) is 9.89. The number of aldehydes is 1. The van der Waals surface area contributed by atoms with Gasteiger partial charge >= 0.3 is 0 Å². The second kappa shape index (κ2) is 3.42. The zero-order valence-electron chi connectivity index (χ0n) is 9.89. The maximum absolute atomic E-state index is 11.2. The van der Waals surface area contributed by atoms with Crippen molar-refractivity contribution < 1.29 is 4.79 Å². The van der Waals surface area contributed by atoms with Crippen molar-refractivity contribution in [1.82, 2.24) is 0 Å². The number of carbonyl (C=O) groups excluding carboxylic acids is 1. The highest BCUT2D eigenvalue weighted by molar-refractivity contribution is 5.86. The van der Waals surface area contributed by atoms with Crippen LogP contribution in [0, 0.1) is 5.92 Å². The minimum Gasteiger partial charge on any atom is -0.298 e. The van der Waals surface area contributed by atoms with E-state index < -0.39 is 0 Å². The quantitative estimate of drug-likeness (QED) is 0.633. The van der Waals surface area contributed by atoms with Crippen LogP contribution >= 0.6 is 0 Å². The van der Waals surface area contributed by atoms with E-state index in [1.54, 1.807) is 0 Å². The van der Waals surface area contributed by atoms with Crippen LogP contribution < -0.4 is 0 Å². The lowest BCUT2D eigenvalue weighted by molar-refractivity contribution is -0.104. The van der Waals surface area contributed by atoms with Gasteiger partial charge in [0.05, 0.1) is 0 Å². The molecular weight excluding hydrogens is 220 g/mol. The first-order valence-corrected chi connectivity index (χ1v) is 6.26. The topological polar surface area (TPSA) is 17.1 Å². The third kappa shape index (κ3) is 1.14. The number of hydrogen-bond acceptors (Lipinski definition) is 1. The summed E-state index contributed by atoms with van der Waals surface area (Å²) in [4.78, 5) is 11.2. The molecule has 0 fully saturated rings. The van der Waals surface area contributed by atoms with Gasteiger partial charge in [0.2, 0.25) is 0 Å². The van der Waals surface area contributed by atoms with Crippen LogP contribution in [0.5, 0.6) is 0 Å². The van der Waals surface area contributed by atoms with E-state index in [1.165, 1.54) is 22.3 Å². The number of allylic oxidation sites excluding steroid dienone is 14. The van der Waals surface area contributed by atoms with E-state index in [2.05, 4.69) is 42.5 Å². The number of rotatable bonds is 1. The Labute approximate surface area is 106 Å². The van der Waals surface area contributed by atoms with Gasteiger partial charge in [-0.05, 0) is 34.3 Å². The predicted octanol–water partition coefficient (Wildman–Crippen LogP) is 3.36. The minimum absolute atomic E-state index is 0.346. The monoisotopic (exact) mass is 232 g/mol. The molecule has 0 heterocycles. The molecule has 4 aliphatic carbocycles. The first-order chi connectivity index (χ1) is 8.88. The third-order valence-electron chi connectivity index (χ3n) is 4.07. The first kappa shape index (κ1) is 9.84. The van der Waals surface area contributed by atoms with Gasteiger partial charge in [-0.15, -0.1) is 0 Å². The molecule has 1 nitrogen and oxygen atoms in total. The van der Waals surface area contributed by atoms with E-state index in [0.717, 1.165) is 23.9 Å². The van der Waals surface area contributed by atoms with E-state index >= 15 is 0 Å². The second-order valence-corrected chi connectivity index (χ2v) is 4.96.